The van der Waals surface area contributed by atoms with Gasteiger partial charge in [-0.2, -0.15) is 4.31 Å². The maximum atomic E-state index is 12.9. The van der Waals surface area contributed by atoms with Crippen LogP contribution in [0.3, 0.4) is 0 Å². The minimum Gasteiger partial charge on any atom is -0.399 e. The first-order valence-electron chi connectivity index (χ1n) is 7.34. The standard InChI is InChI=1S/C15H24N2O2S/c1-3-6-14-7-4-5-10-17(14)20(18,19)15-9-8-13(16)11-12(15)2/h8-9,11,14H,3-7,10,16H2,1-2H3. The van der Waals surface area contributed by atoms with Crippen LogP contribution < -0.4 is 5.73 Å². The van der Waals surface area contributed by atoms with E-state index in [0.717, 1.165) is 37.7 Å². The highest BCUT2D eigenvalue weighted by Gasteiger charge is 2.33. The van der Waals surface area contributed by atoms with E-state index >= 15 is 0 Å². The molecule has 1 aliphatic heterocycles. The number of anilines is 1. The topological polar surface area (TPSA) is 63.4 Å². The van der Waals surface area contributed by atoms with Gasteiger partial charge in [0.1, 0.15) is 0 Å². The average Bonchev–Trinajstić information content (AvgIpc) is 2.39. The van der Waals surface area contributed by atoms with E-state index in [1.54, 1.807) is 22.5 Å². The van der Waals surface area contributed by atoms with Gasteiger partial charge in [-0.3, -0.25) is 0 Å². The molecule has 20 heavy (non-hydrogen) atoms. The fourth-order valence-corrected chi connectivity index (χ4v) is 4.93. The van der Waals surface area contributed by atoms with Crippen LogP contribution in [0, 0.1) is 6.92 Å². The minimum absolute atomic E-state index is 0.149. The Morgan fingerprint density at radius 2 is 2.10 bits per heavy atom. The zero-order valence-electron chi connectivity index (χ0n) is 12.3. The van der Waals surface area contributed by atoms with Gasteiger partial charge in [0.15, 0.2) is 0 Å². The van der Waals surface area contributed by atoms with E-state index in [1.165, 1.54) is 0 Å². The van der Waals surface area contributed by atoms with E-state index in [4.69, 9.17) is 5.73 Å². The van der Waals surface area contributed by atoms with Gasteiger partial charge in [0.05, 0.1) is 4.90 Å². The summed E-state index contributed by atoms with van der Waals surface area (Å²) < 4.78 is 27.5. The second-order valence-electron chi connectivity index (χ2n) is 5.58. The lowest BCUT2D eigenvalue weighted by atomic mass is 10.0. The minimum atomic E-state index is -3.40. The molecule has 2 rings (SSSR count). The van der Waals surface area contributed by atoms with E-state index in [0.29, 0.717) is 17.1 Å². The number of hydrogen-bond donors (Lipinski definition) is 1. The van der Waals surface area contributed by atoms with Gasteiger partial charge in [0, 0.05) is 18.3 Å². The number of nitrogen functional groups attached to an aromatic ring is 1. The van der Waals surface area contributed by atoms with Crippen LogP contribution in [0.4, 0.5) is 5.69 Å². The smallest absolute Gasteiger partial charge is 0.243 e. The molecule has 0 bridgehead atoms. The monoisotopic (exact) mass is 296 g/mol. The van der Waals surface area contributed by atoms with Crippen LogP contribution in [0.25, 0.3) is 0 Å². The van der Waals surface area contributed by atoms with E-state index in [1.807, 2.05) is 6.92 Å². The largest absolute Gasteiger partial charge is 0.399 e. The fourth-order valence-electron chi connectivity index (χ4n) is 3.00. The Hall–Kier alpha value is -1.07. The number of hydrogen-bond acceptors (Lipinski definition) is 3. The van der Waals surface area contributed by atoms with Gasteiger partial charge in [-0.1, -0.05) is 19.8 Å². The molecular weight excluding hydrogens is 272 g/mol. The first-order chi connectivity index (χ1) is 9.46. The zero-order valence-corrected chi connectivity index (χ0v) is 13.1. The Labute approximate surface area is 122 Å². The lowest BCUT2D eigenvalue weighted by molar-refractivity contribution is 0.239. The van der Waals surface area contributed by atoms with Crippen molar-refractivity contribution >= 4 is 15.7 Å². The molecule has 0 spiro atoms. The fraction of sp³-hybridized carbons (Fsp3) is 0.600. The molecule has 4 nitrogen and oxygen atoms in total. The van der Waals surface area contributed by atoms with E-state index in [-0.39, 0.29) is 6.04 Å². The lowest BCUT2D eigenvalue weighted by Crippen LogP contribution is -2.43. The summed E-state index contributed by atoms with van der Waals surface area (Å²) in [6.07, 6.45) is 5.00. The number of aryl methyl sites for hydroxylation is 1. The number of sulfonamides is 1. The summed E-state index contributed by atoms with van der Waals surface area (Å²) in [6.45, 7) is 4.55. The van der Waals surface area contributed by atoms with Crippen LogP contribution in [-0.2, 0) is 10.0 Å². The lowest BCUT2D eigenvalue weighted by Gasteiger charge is -2.35. The van der Waals surface area contributed by atoms with Crippen LogP contribution >= 0.6 is 0 Å². The number of rotatable bonds is 4. The highest BCUT2D eigenvalue weighted by Crippen LogP contribution is 2.29. The average molecular weight is 296 g/mol. The third kappa shape index (κ3) is 2.99. The van der Waals surface area contributed by atoms with Gasteiger partial charge in [0.2, 0.25) is 10.0 Å². The third-order valence-corrected chi connectivity index (χ3v) is 6.09. The highest BCUT2D eigenvalue weighted by atomic mass is 32.2. The summed E-state index contributed by atoms with van der Waals surface area (Å²) in [5.74, 6) is 0. The molecule has 5 heteroatoms. The molecule has 1 aliphatic rings. The number of nitrogens with zero attached hydrogens (tertiary/aromatic N) is 1. The van der Waals surface area contributed by atoms with E-state index in [2.05, 4.69) is 6.92 Å². The van der Waals surface area contributed by atoms with Gasteiger partial charge < -0.3 is 5.73 Å². The Morgan fingerprint density at radius 1 is 1.35 bits per heavy atom. The molecule has 2 N–H and O–H groups in total. The molecular formula is C15H24N2O2S. The van der Waals surface area contributed by atoms with Crippen molar-refractivity contribution in [3.63, 3.8) is 0 Å². The Bertz CT molecular complexity index is 567. The van der Waals surface area contributed by atoms with Crippen molar-refractivity contribution in [1.82, 2.24) is 4.31 Å². The molecule has 112 valence electrons. The van der Waals surface area contributed by atoms with Crippen molar-refractivity contribution < 1.29 is 8.42 Å². The molecule has 1 atom stereocenters. The van der Waals surface area contributed by atoms with Crippen molar-refractivity contribution in [1.29, 1.82) is 0 Å². The third-order valence-electron chi connectivity index (χ3n) is 3.98. The summed E-state index contributed by atoms with van der Waals surface area (Å²) in [5.41, 5.74) is 7.05. The van der Waals surface area contributed by atoms with Crippen LogP contribution in [0.2, 0.25) is 0 Å². The number of nitrogens with two attached hydrogens (primary N) is 1. The molecule has 1 unspecified atom stereocenters. The highest BCUT2D eigenvalue weighted by molar-refractivity contribution is 7.89. The second-order valence-corrected chi connectivity index (χ2v) is 7.44. The molecule has 1 fully saturated rings. The van der Waals surface area contributed by atoms with Crippen LogP contribution in [-0.4, -0.2) is 25.3 Å². The summed E-state index contributed by atoms with van der Waals surface area (Å²) in [6, 6.07) is 5.18. The van der Waals surface area contributed by atoms with Gasteiger partial charge in [0.25, 0.3) is 0 Å². The van der Waals surface area contributed by atoms with Crippen LogP contribution in [0.1, 0.15) is 44.6 Å². The van der Waals surface area contributed by atoms with Crippen molar-refractivity contribution in [2.24, 2.45) is 0 Å². The van der Waals surface area contributed by atoms with Crippen molar-refractivity contribution in [2.45, 2.75) is 56.9 Å². The van der Waals surface area contributed by atoms with E-state index in [9.17, 15) is 8.42 Å². The Kier molecular flexibility index (Phi) is 4.70. The quantitative estimate of drug-likeness (QED) is 0.869. The molecule has 0 radical (unpaired) electrons. The molecule has 1 aromatic carbocycles. The van der Waals surface area contributed by atoms with Gasteiger partial charge >= 0.3 is 0 Å². The second kappa shape index (κ2) is 6.14. The number of piperidine rings is 1. The summed E-state index contributed by atoms with van der Waals surface area (Å²) in [7, 11) is -3.40. The normalized spacial score (nSPS) is 21.0. The summed E-state index contributed by atoms with van der Waals surface area (Å²) in [4.78, 5) is 0.398. The molecule has 0 aliphatic carbocycles. The predicted octanol–water partition coefficient (Wildman–Crippen LogP) is 2.92. The van der Waals surface area contributed by atoms with Crippen LogP contribution in [0.15, 0.2) is 23.1 Å². The molecule has 1 saturated heterocycles. The van der Waals surface area contributed by atoms with Crippen LogP contribution in [0.5, 0.6) is 0 Å². The molecule has 1 aromatic rings. The summed E-state index contributed by atoms with van der Waals surface area (Å²) in [5, 5.41) is 0. The van der Waals surface area contributed by atoms with Crippen molar-refractivity contribution in [3.05, 3.63) is 23.8 Å². The van der Waals surface area contributed by atoms with Gasteiger partial charge in [-0.05, 0) is 49.9 Å². The molecule has 0 saturated carbocycles. The summed E-state index contributed by atoms with van der Waals surface area (Å²) >= 11 is 0. The van der Waals surface area contributed by atoms with E-state index < -0.39 is 10.0 Å². The Balaban J connectivity index is 2.37. The van der Waals surface area contributed by atoms with Gasteiger partial charge in [-0.15, -0.1) is 0 Å². The maximum absolute atomic E-state index is 12.9. The zero-order chi connectivity index (χ0) is 14.8. The first-order valence-corrected chi connectivity index (χ1v) is 8.78. The molecule has 1 heterocycles. The van der Waals surface area contributed by atoms with Crippen molar-refractivity contribution in [3.8, 4) is 0 Å². The molecule has 0 aromatic heterocycles. The van der Waals surface area contributed by atoms with Crippen molar-refractivity contribution in [2.75, 3.05) is 12.3 Å². The van der Waals surface area contributed by atoms with Gasteiger partial charge in [-0.25, -0.2) is 8.42 Å². The molecule has 0 amide bonds. The SMILES string of the molecule is CCCC1CCCCN1S(=O)(=O)c1ccc(N)cc1C. The number of benzene rings is 1. The maximum Gasteiger partial charge on any atom is 0.243 e. The Morgan fingerprint density at radius 3 is 2.75 bits per heavy atom. The predicted molar refractivity (Wildman–Crippen MR) is 82.0 cm³/mol. The first kappa shape index (κ1) is 15.3.